The number of benzene rings is 1. The van der Waals surface area contributed by atoms with Gasteiger partial charge in [-0.25, -0.2) is 4.79 Å². The minimum Gasteiger partial charge on any atom is -0.444 e. The number of hydrogen-bond donors (Lipinski definition) is 2. The Morgan fingerprint density at radius 3 is 2.12 bits per heavy atom. The fourth-order valence-electron chi connectivity index (χ4n) is 2.03. The lowest BCUT2D eigenvalue weighted by atomic mass is 9.92. The summed E-state index contributed by atoms with van der Waals surface area (Å²) >= 11 is 0. The van der Waals surface area contributed by atoms with Crippen LogP contribution in [-0.4, -0.2) is 24.1 Å². The Hall–Kier alpha value is -2.04. The summed E-state index contributed by atoms with van der Waals surface area (Å²) in [6.07, 6.45) is 0.245. The van der Waals surface area contributed by atoms with E-state index in [1.807, 2.05) is 30.3 Å². The first-order chi connectivity index (χ1) is 11.0. The Labute approximate surface area is 145 Å². The van der Waals surface area contributed by atoms with Gasteiger partial charge in [0, 0.05) is 6.54 Å². The molecule has 0 aromatic heterocycles. The van der Waals surface area contributed by atoms with E-state index in [9.17, 15) is 9.59 Å². The predicted octanol–water partition coefficient (Wildman–Crippen LogP) is 3.80. The van der Waals surface area contributed by atoms with E-state index in [0.29, 0.717) is 6.54 Å². The average Bonchev–Trinajstić information content (AvgIpc) is 2.42. The highest BCUT2D eigenvalue weighted by molar-refractivity contribution is 5.86. The summed E-state index contributed by atoms with van der Waals surface area (Å²) in [5.74, 6) is -0.240. The lowest BCUT2D eigenvalue weighted by Gasteiger charge is -2.24. The van der Waals surface area contributed by atoms with Gasteiger partial charge in [0.1, 0.15) is 11.6 Å². The summed E-state index contributed by atoms with van der Waals surface area (Å²) in [6.45, 7) is 12.3. The number of carbonyl (C=O) groups is 2. The van der Waals surface area contributed by atoms with E-state index >= 15 is 0 Å². The minimum absolute atomic E-state index is 0.133. The molecule has 0 bridgehead atoms. The van der Waals surface area contributed by atoms with Crippen molar-refractivity contribution in [3.63, 3.8) is 0 Å². The molecule has 24 heavy (non-hydrogen) atoms. The fraction of sp³-hybridized carbons (Fsp3) is 0.579. The monoisotopic (exact) mass is 334 g/mol. The van der Waals surface area contributed by atoms with Crippen LogP contribution < -0.4 is 10.6 Å². The summed E-state index contributed by atoms with van der Waals surface area (Å²) in [4.78, 5) is 24.6. The summed E-state index contributed by atoms with van der Waals surface area (Å²) in [6, 6.07) is 8.38. The summed E-state index contributed by atoms with van der Waals surface area (Å²) < 4.78 is 5.27. The minimum atomic E-state index is -0.777. The van der Waals surface area contributed by atoms with Crippen LogP contribution in [0.3, 0.4) is 0 Å². The normalized spacial score (nSPS) is 13.1. The van der Waals surface area contributed by atoms with Gasteiger partial charge in [-0.15, -0.1) is 0 Å². The Kier molecular flexibility index (Phi) is 6.81. The van der Waals surface area contributed by atoms with E-state index < -0.39 is 17.7 Å². The number of carbonyl (C=O) groups excluding carboxylic acids is 2. The molecule has 0 heterocycles. The first kappa shape index (κ1) is 20.0. The van der Waals surface area contributed by atoms with Gasteiger partial charge in [-0.1, -0.05) is 51.1 Å². The van der Waals surface area contributed by atoms with Crippen molar-refractivity contribution in [2.45, 2.75) is 59.6 Å². The number of ether oxygens (including phenoxy) is 1. The van der Waals surface area contributed by atoms with E-state index in [1.165, 1.54) is 0 Å². The van der Waals surface area contributed by atoms with Gasteiger partial charge in [-0.2, -0.15) is 0 Å². The van der Waals surface area contributed by atoms with Crippen LogP contribution in [0.15, 0.2) is 30.3 Å². The van der Waals surface area contributed by atoms with E-state index in [2.05, 4.69) is 31.4 Å². The highest BCUT2D eigenvalue weighted by Gasteiger charge is 2.25. The molecule has 0 aliphatic carbocycles. The zero-order valence-corrected chi connectivity index (χ0v) is 15.6. The van der Waals surface area contributed by atoms with Gasteiger partial charge in [0.2, 0.25) is 5.91 Å². The third-order valence-corrected chi connectivity index (χ3v) is 3.23. The van der Waals surface area contributed by atoms with Crippen LogP contribution in [0.25, 0.3) is 0 Å². The number of alkyl carbamates (subject to hydrolysis) is 1. The molecule has 5 heteroatoms. The maximum atomic E-state index is 12.5. The van der Waals surface area contributed by atoms with Gasteiger partial charge in [0.05, 0.1) is 0 Å². The summed E-state index contributed by atoms with van der Waals surface area (Å²) in [5.41, 5.74) is 0.235. The molecule has 0 spiro atoms. The Morgan fingerprint density at radius 2 is 1.62 bits per heavy atom. The predicted molar refractivity (Wildman–Crippen MR) is 95.6 cm³/mol. The third kappa shape index (κ3) is 7.99. The van der Waals surface area contributed by atoms with Crippen molar-refractivity contribution in [1.29, 1.82) is 0 Å². The molecule has 0 aliphatic rings. The fourth-order valence-corrected chi connectivity index (χ4v) is 2.03. The molecule has 1 aromatic carbocycles. The molecule has 2 amide bonds. The smallest absolute Gasteiger partial charge is 0.408 e. The quantitative estimate of drug-likeness (QED) is 0.860. The molecule has 0 saturated heterocycles. The second-order valence-corrected chi connectivity index (χ2v) is 8.09. The van der Waals surface area contributed by atoms with Gasteiger partial charge >= 0.3 is 6.09 Å². The molecule has 1 rings (SSSR count). The van der Waals surface area contributed by atoms with Crippen LogP contribution in [-0.2, 0) is 9.53 Å². The van der Waals surface area contributed by atoms with Crippen LogP contribution in [0, 0.1) is 5.41 Å². The van der Waals surface area contributed by atoms with Crippen molar-refractivity contribution in [2.75, 3.05) is 6.54 Å². The molecule has 0 radical (unpaired) electrons. The second kappa shape index (κ2) is 8.18. The molecule has 0 saturated carbocycles. The van der Waals surface area contributed by atoms with Gasteiger partial charge in [0.25, 0.3) is 0 Å². The molecule has 1 aromatic rings. The number of hydrogen-bond acceptors (Lipinski definition) is 3. The molecule has 134 valence electrons. The third-order valence-electron chi connectivity index (χ3n) is 3.23. The van der Waals surface area contributed by atoms with Crippen molar-refractivity contribution in [3.05, 3.63) is 35.9 Å². The average molecular weight is 334 g/mol. The van der Waals surface area contributed by atoms with Crippen molar-refractivity contribution < 1.29 is 14.3 Å². The number of amides is 2. The van der Waals surface area contributed by atoms with Gasteiger partial charge in [0.15, 0.2) is 0 Å². The molecule has 0 aliphatic heterocycles. The molecule has 2 N–H and O–H groups in total. The summed E-state index contributed by atoms with van der Waals surface area (Å²) in [7, 11) is 0. The van der Waals surface area contributed by atoms with E-state index in [4.69, 9.17) is 4.74 Å². The van der Waals surface area contributed by atoms with Gasteiger partial charge < -0.3 is 15.4 Å². The molecule has 1 atom stereocenters. The van der Waals surface area contributed by atoms with Crippen LogP contribution in [0.2, 0.25) is 0 Å². The number of nitrogens with one attached hydrogen (secondary N) is 2. The molecular formula is C19H30N2O3. The van der Waals surface area contributed by atoms with Crippen molar-refractivity contribution >= 4 is 12.0 Å². The van der Waals surface area contributed by atoms with Crippen molar-refractivity contribution in [2.24, 2.45) is 5.41 Å². The second-order valence-electron chi connectivity index (χ2n) is 8.09. The van der Waals surface area contributed by atoms with E-state index in [-0.39, 0.29) is 11.3 Å². The standard InChI is InChI=1S/C19H30N2O3/c1-18(2,3)12-13-20-16(22)15(14-10-8-7-9-11-14)21-17(23)24-19(4,5)6/h7-11,15H,12-13H2,1-6H3,(H,20,22)(H,21,23). The zero-order valence-electron chi connectivity index (χ0n) is 15.6. The lowest BCUT2D eigenvalue weighted by molar-refractivity contribution is -0.123. The maximum absolute atomic E-state index is 12.5. The molecule has 1 unspecified atom stereocenters. The summed E-state index contributed by atoms with van der Waals surface area (Å²) in [5, 5.41) is 5.56. The SMILES string of the molecule is CC(C)(C)CCNC(=O)C(NC(=O)OC(C)(C)C)c1ccccc1. The van der Waals surface area contributed by atoms with Crippen LogP contribution in [0.5, 0.6) is 0 Å². The first-order valence-electron chi connectivity index (χ1n) is 8.30. The number of rotatable bonds is 5. The zero-order chi connectivity index (χ0) is 18.4. The highest BCUT2D eigenvalue weighted by atomic mass is 16.6. The molecular weight excluding hydrogens is 304 g/mol. The maximum Gasteiger partial charge on any atom is 0.408 e. The molecule has 5 nitrogen and oxygen atoms in total. The Bertz CT molecular complexity index is 542. The van der Waals surface area contributed by atoms with Crippen LogP contribution in [0.1, 0.15) is 59.6 Å². The van der Waals surface area contributed by atoms with Crippen LogP contribution in [0.4, 0.5) is 4.79 Å². The van der Waals surface area contributed by atoms with Gasteiger partial charge in [-0.05, 0) is 38.2 Å². The Morgan fingerprint density at radius 1 is 1.04 bits per heavy atom. The largest absolute Gasteiger partial charge is 0.444 e. The molecule has 0 fully saturated rings. The topological polar surface area (TPSA) is 67.4 Å². The van der Waals surface area contributed by atoms with E-state index in [0.717, 1.165) is 12.0 Å². The first-order valence-corrected chi connectivity index (χ1v) is 8.30. The lowest BCUT2D eigenvalue weighted by Crippen LogP contribution is -2.43. The van der Waals surface area contributed by atoms with Gasteiger partial charge in [-0.3, -0.25) is 4.79 Å². The van der Waals surface area contributed by atoms with Crippen molar-refractivity contribution in [3.8, 4) is 0 Å². The van der Waals surface area contributed by atoms with Crippen molar-refractivity contribution in [1.82, 2.24) is 10.6 Å². The van der Waals surface area contributed by atoms with Crippen LogP contribution >= 0.6 is 0 Å². The highest BCUT2D eigenvalue weighted by Crippen LogP contribution is 2.18. The van der Waals surface area contributed by atoms with E-state index in [1.54, 1.807) is 20.8 Å². The Balaban J connectivity index is 2.79.